The van der Waals surface area contributed by atoms with E-state index in [1.807, 2.05) is 18.2 Å². The van der Waals surface area contributed by atoms with Crippen molar-refractivity contribution in [1.29, 1.82) is 0 Å². The molecule has 2 heterocycles. The number of rotatable bonds is 5. The van der Waals surface area contributed by atoms with Gasteiger partial charge >= 0.3 is 5.97 Å². The molecular formula is C16H10BrNO4S. The molecule has 0 aliphatic carbocycles. The van der Waals surface area contributed by atoms with Crippen molar-refractivity contribution >= 4 is 56.2 Å². The standard InChI is InChI=1S/C16H10BrNO4S/c17-14-6-5-13(23-14)11(19)9-21-16(20)8-7-15-18-10-3-1-2-4-12(10)22-15/h1-8H,9H2/b8-7+. The van der Waals surface area contributed by atoms with Gasteiger partial charge in [-0.3, -0.25) is 4.79 Å². The molecule has 2 aromatic heterocycles. The van der Waals surface area contributed by atoms with Crippen molar-refractivity contribution < 1.29 is 18.7 Å². The molecule has 23 heavy (non-hydrogen) atoms. The van der Waals surface area contributed by atoms with Gasteiger partial charge in [-0.15, -0.1) is 11.3 Å². The number of aromatic nitrogens is 1. The van der Waals surface area contributed by atoms with Gasteiger partial charge in [0.2, 0.25) is 11.7 Å². The Morgan fingerprint density at radius 1 is 1.26 bits per heavy atom. The van der Waals surface area contributed by atoms with Gasteiger partial charge in [-0.25, -0.2) is 9.78 Å². The first-order chi connectivity index (χ1) is 11.1. The number of halogens is 1. The van der Waals surface area contributed by atoms with Crippen molar-refractivity contribution in [3.05, 3.63) is 57.0 Å². The lowest BCUT2D eigenvalue weighted by Gasteiger charge is -1.98. The zero-order valence-electron chi connectivity index (χ0n) is 11.7. The van der Waals surface area contributed by atoms with Gasteiger partial charge in [0, 0.05) is 12.2 Å². The summed E-state index contributed by atoms with van der Waals surface area (Å²) in [6.45, 7) is -0.302. The van der Waals surface area contributed by atoms with E-state index in [4.69, 9.17) is 9.15 Å². The van der Waals surface area contributed by atoms with Crippen LogP contribution in [0.25, 0.3) is 17.2 Å². The molecule has 7 heteroatoms. The van der Waals surface area contributed by atoms with Gasteiger partial charge in [0.15, 0.2) is 12.2 Å². The first-order valence-electron chi connectivity index (χ1n) is 6.61. The van der Waals surface area contributed by atoms with E-state index in [0.717, 1.165) is 3.79 Å². The summed E-state index contributed by atoms with van der Waals surface area (Å²) in [6, 6.07) is 10.7. The van der Waals surface area contributed by atoms with Crippen LogP contribution in [0.5, 0.6) is 0 Å². The summed E-state index contributed by atoms with van der Waals surface area (Å²) in [5.74, 6) is -0.572. The first kappa shape index (κ1) is 15.6. The maximum atomic E-state index is 11.8. The van der Waals surface area contributed by atoms with Gasteiger partial charge in [0.25, 0.3) is 0 Å². The van der Waals surface area contributed by atoms with Crippen LogP contribution in [-0.4, -0.2) is 23.3 Å². The highest BCUT2D eigenvalue weighted by Gasteiger charge is 2.11. The third kappa shape index (κ3) is 3.94. The van der Waals surface area contributed by atoms with Crippen molar-refractivity contribution in [1.82, 2.24) is 4.98 Å². The van der Waals surface area contributed by atoms with Crippen LogP contribution in [0.1, 0.15) is 15.6 Å². The minimum absolute atomic E-state index is 0.246. The molecule has 0 radical (unpaired) electrons. The van der Waals surface area contributed by atoms with Crippen LogP contribution in [0.15, 0.2) is 50.7 Å². The number of para-hydroxylation sites is 2. The monoisotopic (exact) mass is 391 g/mol. The van der Waals surface area contributed by atoms with E-state index in [9.17, 15) is 9.59 Å². The summed E-state index contributed by atoms with van der Waals surface area (Å²) < 4.78 is 11.2. The number of esters is 1. The number of hydrogen-bond acceptors (Lipinski definition) is 6. The van der Waals surface area contributed by atoms with E-state index < -0.39 is 5.97 Å². The van der Waals surface area contributed by atoms with Gasteiger partial charge in [-0.2, -0.15) is 0 Å². The quantitative estimate of drug-likeness (QED) is 0.372. The molecule has 0 spiro atoms. The predicted molar refractivity (Wildman–Crippen MR) is 90.4 cm³/mol. The van der Waals surface area contributed by atoms with Gasteiger partial charge in [-0.1, -0.05) is 12.1 Å². The molecule has 5 nitrogen and oxygen atoms in total. The maximum absolute atomic E-state index is 11.8. The summed E-state index contributed by atoms with van der Waals surface area (Å²) >= 11 is 4.57. The highest BCUT2D eigenvalue weighted by atomic mass is 79.9. The van der Waals surface area contributed by atoms with Crippen LogP contribution < -0.4 is 0 Å². The highest BCUT2D eigenvalue weighted by Crippen LogP contribution is 2.22. The molecule has 0 unspecified atom stereocenters. The Labute approximate surface area is 143 Å². The van der Waals surface area contributed by atoms with Crippen molar-refractivity contribution in [2.45, 2.75) is 0 Å². The van der Waals surface area contributed by atoms with Crippen LogP contribution >= 0.6 is 27.3 Å². The molecule has 116 valence electrons. The second kappa shape index (κ2) is 6.89. The summed E-state index contributed by atoms with van der Waals surface area (Å²) in [5, 5.41) is 0. The molecule has 0 fully saturated rings. The fourth-order valence-corrected chi connectivity index (χ4v) is 3.13. The van der Waals surface area contributed by atoms with Gasteiger partial charge < -0.3 is 9.15 Å². The lowest BCUT2D eigenvalue weighted by molar-refractivity contribution is -0.136. The highest BCUT2D eigenvalue weighted by molar-refractivity contribution is 9.11. The largest absolute Gasteiger partial charge is 0.454 e. The molecule has 0 N–H and O–H groups in total. The number of ether oxygens (including phenoxy) is 1. The third-order valence-corrected chi connectivity index (χ3v) is 4.53. The Balaban J connectivity index is 1.57. The van der Waals surface area contributed by atoms with Crippen LogP contribution in [0.3, 0.4) is 0 Å². The molecule has 0 saturated carbocycles. The molecule has 0 aliphatic rings. The van der Waals surface area contributed by atoms with Crippen LogP contribution in [0.4, 0.5) is 0 Å². The van der Waals surface area contributed by atoms with E-state index in [1.54, 1.807) is 18.2 Å². The van der Waals surface area contributed by atoms with Crippen molar-refractivity contribution in [2.24, 2.45) is 0 Å². The zero-order chi connectivity index (χ0) is 16.2. The molecule has 0 amide bonds. The predicted octanol–water partition coefficient (Wildman–Crippen LogP) is 4.09. The maximum Gasteiger partial charge on any atom is 0.331 e. The summed E-state index contributed by atoms with van der Waals surface area (Å²) in [6.07, 6.45) is 2.59. The fraction of sp³-hybridized carbons (Fsp3) is 0.0625. The number of thiophene rings is 1. The van der Waals surface area contributed by atoms with Gasteiger partial charge in [-0.05, 0) is 40.2 Å². The van der Waals surface area contributed by atoms with Gasteiger partial charge in [0.1, 0.15) is 5.52 Å². The summed E-state index contributed by atoms with van der Waals surface area (Å²) in [5.41, 5.74) is 1.35. The van der Waals surface area contributed by atoms with Crippen LogP contribution in [0.2, 0.25) is 0 Å². The molecule has 0 bridgehead atoms. The molecular weight excluding hydrogens is 382 g/mol. The Morgan fingerprint density at radius 3 is 2.83 bits per heavy atom. The van der Waals surface area contributed by atoms with Crippen LogP contribution in [-0.2, 0) is 9.53 Å². The van der Waals surface area contributed by atoms with E-state index in [1.165, 1.54) is 23.5 Å². The number of carbonyl (C=O) groups is 2. The second-order valence-corrected chi connectivity index (χ2v) is 6.95. The topological polar surface area (TPSA) is 69.4 Å². The lowest BCUT2D eigenvalue weighted by atomic mass is 10.3. The number of hydrogen-bond donors (Lipinski definition) is 0. The second-order valence-electron chi connectivity index (χ2n) is 4.49. The number of benzene rings is 1. The molecule has 0 atom stereocenters. The minimum atomic E-state index is -0.628. The Hall–Kier alpha value is -2.25. The SMILES string of the molecule is O=C(/C=C/c1nc2ccccc2o1)OCC(=O)c1ccc(Br)s1. The molecule has 0 aliphatic heterocycles. The molecule has 3 aromatic rings. The van der Waals surface area contributed by atoms with Crippen LogP contribution in [0, 0.1) is 0 Å². The Kier molecular flexibility index (Phi) is 4.68. The normalized spacial score (nSPS) is 11.2. The zero-order valence-corrected chi connectivity index (χ0v) is 14.1. The number of ketones is 1. The first-order valence-corrected chi connectivity index (χ1v) is 8.22. The summed E-state index contributed by atoms with van der Waals surface area (Å²) in [7, 11) is 0. The number of oxazole rings is 1. The fourth-order valence-electron chi connectivity index (χ4n) is 1.82. The average Bonchev–Trinajstić information content (AvgIpc) is 3.16. The summed E-state index contributed by atoms with van der Waals surface area (Å²) in [4.78, 5) is 28.2. The van der Waals surface area contributed by atoms with Crippen molar-refractivity contribution in [3.63, 3.8) is 0 Å². The Morgan fingerprint density at radius 2 is 2.09 bits per heavy atom. The smallest absolute Gasteiger partial charge is 0.331 e. The van der Waals surface area contributed by atoms with Crippen molar-refractivity contribution in [2.75, 3.05) is 6.61 Å². The van der Waals surface area contributed by atoms with E-state index >= 15 is 0 Å². The van der Waals surface area contributed by atoms with E-state index in [0.29, 0.717) is 21.9 Å². The van der Waals surface area contributed by atoms with E-state index in [-0.39, 0.29) is 12.4 Å². The number of Topliss-reactive ketones (excluding diaryl/α,β-unsaturated/α-hetero) is 1. The number of carbonyl (C=O) groups excluding carboxylic acids is 2. The average molecular weight is 392 g/mol. The van der Waals surface area contributed by atoms with E-state index in [2.05, 4.69) is 20.9 Å². The Bertz CT molecular complexity index is 863. The minimum Gasteiger partial charge on any atom is -0.454 e. The molecule has 1 aromatic carbocycles. The number of fused-ring (bicyclic) bond motifs is 1. The molecule has 3 rings (SSSR count). The van der Waals surface area contributed by atoms with Gasteiger partial charge in [0.05, 0.1) is 8.66 Å². The molecule has 0 saturated heterocycles. The van der Waals surface area contributed by atoms with Crippen molar-refractivity contribution in [3.8, 4) is 0 Å². The third-order valence-electron chi connectivity index (χ3n) is 2.87. The lowest BCUT2D eigenvalue weighted by Crippen LogP contribution is -2.11. The number of nitrogens with zero attached hydrogens (tertiary/aromatic N) is 1.